The molecule has 0 saturated carbocycles. The minimum atomic E-state index is -0.301. The fraction of sp³-hybridized carbons (Fsp3) is 0.500. The van der Waals surface area contributed by atoms with Crippen LogP contribution in [0.2, 0.25) is 0 Å². The second kappa shape index (κ2) is 7.63. The van der Waals surface area contributed by atoms with Gasteiger partial charge in [-0.3, -0.25) is 4.79 Å². The normalized spacial score (nSPS) is 10.5. The molecule has 0 aromatic heterocycles. The minimum absolute atomic E-state index is 0.0877. The van der Waals surface area contributed by atoms with Crippen LogP contribution in [0, 0.1) is 0 Å². The van der Waals surface area contributed by atoms with Gasteiger partial charge in [0.15, 0.2) is 0 Å². The highest BCUT2D eigenvalue weighted by Crippen LogP contribution is 2.23. The standard InChI is InChI=1S/C14H21NO4/c1-10(2)19-8-4-7-15-14(17)12-6-5-11(18-3)9-13(12)16/h5-6,9-10,16H,4,7-8H2,1-3H3,(H,15,17). The first-order chi connectivity index (χ1) is 9.04. The van der Waals surface area contributed by atoms with Crippen molar-refractivity contribution >= 4 is 5.91 Å². The molecule has 0 aliphatic heterocycles. The Hall–Kier alpha value is -1.75. The molecule has 2 N–H and O–H groups in total. The van der Waals surface area contributed by atoms with Crippen molar-refractivity contribution in [1.82, 2.24) is 5.32 Å². The third-order valence-electron chi connectivity index (χ3n) is 2.51. The average Bonchev–Trinajstić information content (AvgIpc) is 2.37. The van der Waals surface area contributed by atoms with E-state index < -0.39 is 0 Å². The maximum atomic E-state index is 11.8. The van der Waals surface area contributed by atoms with E-state index in [1.165, 1.54) is 19.2 Å². The first kappa shape index (κ1) is 15.3. The smallest absolute Gasteiger partial charge is 0.255 e. The molecule has 5 heteroatoms. The van der Waals surface area contributed by atoms with Crippen molar-refractivity contribution in [2.24, 2.45) is 0 Å². The van der Waals surface area contributed by atoms with E-state index in [1.54, 1.807) is 6.07 Å². The minimum Gasteiger partial charge on any atom is -0.507 e. The number of hydrogen-bond donors (Lipinski definition) is 2. The predicted octanol–water partition coefficient (Wildman–Crippen LogP) is 1.95. The van der Waals surface area contributed by atoms with E-state index >= 15 is 0 Å². The fourth-order valence-electron chi connectivity index (χ4n) is 1.52. The lowest BCUT2D eigenvalue weighted by Crippen LogP contribution is -2.25. The first-order valence-electron chi connectivity index (χ1n) is 6.31. The van der Waals surface area contributed by atoms with E-state index in [0.29, 0.717) is 18.9 Å². The van der Waals surface area contributed by atoms with Crippen LogP contribution in [0.4, 0.5) is 0 Å². The lowest BCUT2D eigenvalue weighted by molar-refractivity contribution is 0.0757. The Morgan fingerprint density at radius 2 is 2.16 bits per heavy atom. The van der Waals surface area contributed by atoms with E-state index in [1.807, 2.05) is 13.8 Å². The lowest BCUT2D eigenvalue weighted by atomic mass is 10.2. The molecule has 0 radical (unpaired) electrons. The number of hydrogen-bond acceptors (Lipinski definition) is 4. The number of carbonyl (C=O) groups excluding carboxylic acids is 1. The van der Waals surface area contributed by atoms with Crippen LogP contribution < -0.4 is 10.1 Å². The maximum Gasteiger partial charge on any atom is 0.255 e. The van der Waals surface area contributed by atoms with Crippen LogP contribution in [0.3, 0.4) is 0 Å². The molecule has 106 valence electrons. The summed E-state index contributed by atoms with van der Waals surface area (Å²) in [6, 6.07) is 4.58. The predicted molar refractivity (Wildman–Crippen MR) is 72.7 cm³/mol. The molecule has 0 saturated heterocycles. The van der Waals surface area contributed by atoms with E-state index in [4.69, 9.17) is 9.47 Å². The number of phenols is 1. The zero-order valence-electron chi connectivity index (χ0n) is 11.6. The number of nitrogens with one attached hydrogen (secondary N) is 1. The Morgan fingerprint density at radius 1 is 1.42 bits per heavy atom. The summed E-state index contributed by atoms with van der Waals surface area (Å²) >= 11 is 0. The van der Waals surface area contributed by atoms with Gasteiger partial charge in [0, 0.05) is 19.2 Å². The molecule has 0 atom stereocenters. The number of amides is 1. The summed E-state index contributed by atoms with van der Waals surface area (Å²) in [6.07, 6.45) is 0.933. The van der Waals surface area contributed by atoms with Gasteiger partial charge >= 0.3 is 0 Å². The van der Waals surface area contributed by atoms with Gasteiger partial charge in [0.2, 0.25) is 0 Å². The Labute approximate surface area is 113 Å². The number of phenolic OH excluding ortho intramolecular Hbond substituents is 1. The van der Waals surface area contributed by atoms with Crippen molar-refractivity contribution < 1.29 is 19.4 Å². The summed E-state index contributed by atoms with van der Waals surface area (Å²) in [7, 11) is 1.50. The van der Waals surface area contributed by atoms with Crippen LogP contribution in [0.15, 0.2) is 18.2 Å². The van der Waals surface area contributed by atoms with Gasteiger partial charge in [-0.2, -0.15) is 0 Å². The topological polar surface area (TPSA) is 67.8 Å². The number of methoxy groups -OCH3 is 1. The Kier molecular flexibility index (Phi) is 6.15. The van der Waals surface area contributed by atoms with E-state index in [-0.39, 0.29) is 23.3 Å². The van der Waals surface area contributed by atoms with Crippen molar-refractivity contribution in [3.63, 3.8) is 0 Å². The van der Waals surface area contributed by atoms with Crippen molar-refractivity contribution in [3.8, 4) is 11.5 Å². The van der Waals surface area contributed by atoms with Crippen LogP contribution in [0.5, 0.6) is 11.5 Å². The molecule has 0 spiro atoms. The van der Waals surface area contributed by atoms with Gasteiger partial charge in [0.25, 0.3) is 5.91 Å². The number of aromatic hydroxyl groups is 1. The molecule has 0 aliphatic rings. The molecule has 0 bridgehead atoms. The zero-order chi connectivity index (χ0) is 14.3. The van der Waals surface area contributed by atoms with E-state index in [2.05, 4.69) is 5.32 Å². The van der Waals surface area contributed by atoms with Crippen LogP contribution in [-0.4, -0.2) is 37.4 Å². The molecular weight excluding hydrogens is 246 g/mol. The molecular formula is C14H21NO4. The molecule has 1 aromatic carbocycles. The molecule has 5 nitrogen and oxygen atoms in total. The molecule has 1 amide bonds. The van der Waals surface area contributed by atoms with Crippen LogP contribution >= 0.6 is 0 Å². The van der Waals surface area contributed by atoms with Crippen LogP contribution in [0.1, 0.15) is 30.6 Å². The molecule has 0 fully saturated rings. The Bertz CT molecular complexity index is 418. The first-order valence-corrected chi connectivity index (χ1v) is 6.31. The average molecular weight is 267 g/mol. The maximum absolute atomic E-state index is 11.8. The summed E-state index contributed by atoms with van der Waals surface area (Å²) < 4.78 is 10.3. The quantitative estimate of drug-likeness (QED) is 0.741. The Morgan fingerprint density at radius 3 is 2.74 bits per heavy atom. The van der Waals surface area contributed by atoms with Crippen molar-refractivity contribution in [3.05, 3.63) is 23.8 Å². The highest BCUT2D eigenvalue weighted by molar-refractivity contribution is 5.96. The number of rotatable bonds is 7. The summed E-state index contributed by atoms with van der Waals surface area (Å²) in [6.45, 7) is 5.05. The lowest BCUT2D eigenvalue weighted by Gasteiger charge is -2.09. The van der Waals surface area contributed by atoms with Gasteiger partial charge in [-0.05, 0) is 32.4 Å². The van der Waals surface area contributed by atoms with Gasteiger partial charge in [-0.1, -0.05) is 0 Å². The molecule has 0 aliphatic carbocycles. The number of ether oxygens (including phenoxy) is 2. The van der Waals surface area contributed by atoms with Crippen molar-refractivity contribution in [1.29, 1.82) is 0 Å². The number of carbonyl (C=O) groups is 1. The molecule has 1 aromatic rings. The third kappa shape index (κ3) is 5.18. The summed E-state index contributed by atoms with van der Waals surface area (Å²) in [5.74, 6) is 0.124. The molecule has 1 rings (SSSR count). The van der Waals surface area contributed by atoms with Gasteiger partial charge in [0.1, 0.15) is 11.5 Å². The third-order valence-corrected chi connectivity index (χ3v) is 2.51. The van der Waals surface area contributed by atoms with Gasteiger partial charge in [0.05, 0.1) is 18.8 Å². The molecule has 0 heterocycles. The fourth-order valence-corrected chi connectivity index (χ4v) is 1.52. The molecule has 0 unspecified atom stereocenters. The van der Waals surface area contributed by atoms with Gasteiger partial charge in [-0.25, -0.2) is 0 Å². The van der Waals surface area contributed by atoms with Crippen molar-refractivity contribution in [2.75, 3.05) is 20.3 Å². The second-order valence-corrected chi connectivity index (χ2v) is 4.41. The van der Waals surface area contributed by atoms with Gasteiger partial charge < -0.3 is 19.9 Å². The second-order valence-electron chi connectivity index (χ2n) is 4.41. The van der Waals surface area contributed by atoms with Crippen LogP contribution in [0.25, 0.3) is 0 Å². The summed E-state index contributed by atoms with van der Waals surface area (Å²) in [5.41, 5.74) is 0.241. The highest BCUT2D eigenvalue weighted by Gasteiger charge is 2.11. The molecule has 19 heavy (non-hydrogen) atoms. The van der Waals surface area contributed by atoms with Gasteiger partial charge in [-0.15, -0.1) is 0 Å². The number of benzene rings is 1. The largest absolute Gasteiger partial charge is 0.507 e. The SMILES string of the molecule is COc1ccc(C(=O)NCCCOC(C)C)c(O)c1. The van der Waals surface area contributed by atoms with E-state index in [9.17, 15) is 9.90 Å². The Balaban J connectivity index is 2.41. The summed E-state index contributed by atoms with van der Waals surface area (Å²) in [4.78, 5) is 11.8. The van der Waals surface area contributed by atoms with Crippen molar-refractivity contribution in [2.45, 2.75) is 26.4 Å². The summed E-state index contributed by atoms with van der Waals surface area (Å²) in [5, 5.41) is 12.4. The zero-order valence-corrected chi connectivity index (χ0v) is 11.6. The van der Waals surface area contributed by atoms with E-state index in [0.717, 1.165) is 6.42 Å². The highest BCUT2D eigenvalue weighted by atomic mass is 16.5. The monoisotopic (exact) mass is 267 g/mol. The van der Waals surface area contributed by atoms with Crippen LogP contribution in [-0.2, 0) is 4.74 Å².